The maximum atomic E-state index is 13.0. The molecule has 0 unspecified atom stereocenters. The molecule has 1 aliphatic heterocycles. The molecule has 1 aromatic carbocycles. The molecular weight excluding hydrogens is 314 g/mol. The van der Waals surface area contributed by atoms with Gasteiger partial charge in [0.25, 0.3) is 5.91 Å². The number of aromatic amines is 1. The highest BCUT2D eigenvalue weighted by Gasteiger charge is 2.25. The molecule has 1 N–H and O–H groups in total. The molecule has 4 rings (SSSR count). The molecule has 0 radical (unpaired) electrons. The number of aromatic nitrogens is 2. The Labute approximate surface area is 146 Å². The van der Waals surface area contributed by atoms with Gasteiger partial charge >= 0.3 is 0 Å². The lowest BCUT2D eigenvalue weighted by Gasteiger charge is -2.27. The minimum atomic E-state index is 0.0547. The van der Waals surface area contributed by atoms with Crippen molar-refractivity contribution >= 4 is 5.91 Å². The minimum absolute atomic E-state index is 0.0547. The van der Waals surface area contributed by atoms with Gasteiger partial charge < -0.3 is 9.32 Å². The summed E-state index contributed by atoms with van der Waals surface area (Å²) in [7, 11) is 0. The molecule has 0 saturated heterocycles. The third-order valence-corrected chi connectivity index (χ3v) is 4.78. The fourth-order valence-electron chi connectivity index (χ4n) is 3.40. The Morgan fingerprint density at radius 1 is 1.32 bits per heavy atom. The van der Waals surface area contributed by atoms with E-state index in [1.54, 1.807) is 0 Å². The van der Waals surface area contributed by atoms with E-state index in [1.165, 1.54) is 11.3 Å². The first-order valence-electron chi connectivity index (χ1n) is 8.67. The van der Waals surface area contributed by atoms with Crippen LogP contribution in [-0.2, 0) is 19.4 Å². The lowest BCUT2D eigenvalue weighted by molar-refractivity contribution is 0.0734. The van der Waals surface area contributed by atoms with E-state index in [2.05, 4.69) is 17.1 Å². The minimum Gasteiger partial charge on any atom is -0.461 e. The Morgan fingerprint density at radius 2 is 2.20 bits per heavy atom. The van der Waals surface area contributed by atoms with Gasteiger partial charge in [-0.05, 0) is 37.6 Å². The molecule has 1 aliphatic rings. The number of aryl methyl sites for hydroxylation is 2. The maximum absolute atomic E-state index is 13.0. The van der Waals surface area contributed by atoms with Crippen molar-refractivity contribution in [3.05, 3.63) is 64.7 Å². The number of hydrogen-bond donors (Lipinski definition) is 1. The second kappa shape index (κ2) is 6.24. The first kappa shape index (κ1) is 15.7. The van der Waals surface area contributed by atoms with Crippen LogP contribution in [-0.4, -0.2) is 27.5 Å². The van der Waals surface area contributed by atoms with Gasteiger partial charge in [-0.3, -0.25) is 9.89 Å². The summed E-state index contributed by atoms with van der Waals surface area (Å²) in [6, 6.07) is 11.5. The van der Waals surface area contributed by atoms with Crippen molar-refractivity contribution in [3.8, 4) is 11.3 Å². The van der Waals surface area contributed by atoms with Gasteiger partial charge in [-0.15, -0.1) is 0 Å². The molecule has 3 aromatic rings. The smallest absolute Gasteiger partial charge is 0.254 e. The van der Waals surface area contributed by atoms with Crippen LogP contribution in [0.1, 0.15) is 40.0 Å². The summed E-state index contributed by atoms with van der Waals surface area (Å²) in [4.78, 5) is 14.9. The number of carbonyl (C=O) groups is 1. The molecule has 3 heterocycles. The molecule has 5 nitrogen and oxygen atoms in total. The summed E-state index contributed by atoms with van der Waals surface area (Å²) in [5.41, 5.74) is 5.03. The Kier molecular flexibility index (Phi) is 3.92. The zero-order valence-corrected chi connectivity index (χ0v) is 14.5. The van der Waals surface area contributed by atoms with Crippen LogP contribution in [0.15, 0.2) is 40.8 Å². The number of nitrogens with one attached hydrogen (secondary N) is 1. The van der Waals surface area contributed by atoms with Crippen molar-refractivity contribution in [1.29, 1.82) is 0 Å². The fraction of sp³-hybridized carbons (Fsp3) is 0.300. The predicted molar refractivity (Wildman–Crippen MR) is 95.3 cm³/mol. The fourth-order valence-corrected chi connectivity index (χ4v) is 3.40. The summed E-state index contributed by atoms with van der Waals surface area (Å²) in [6.07, 6.45) is 1.70. The number of hydrogen-bond acceptors (Lipinski definition) is 3. The van der Waals surface area contributed by atoms with Crippen LogP contribution in [0.2, 0.25) is 0 Å². The summed E-state index contributed by atoms with van der Waals surface area (Å²) in [5.74, 6) is 1.71. The molecule has 128 valence electrons. The summed E-state index contributed by atoms with van der Waals surface area (Å²) >= 11 is 0. The number of nitrogens with zero attached hydrogens (tertiary/aromatic N) is 2. The van der Waals surface area contributed by atoms with Crippen LogP contribution in [0.5, 0.6) is 0 Å². The van der Waals surface area contributed by atoms with E-state index in [-0.39, 0.29) is 5.91 Å². The van der Waals surface area contributed by atoms with E-state index < -0.39 is 0 Å². The molecule has 25 heavy (non-hydrogen) atoms. The number of amides is 1. The first-order valence-corrected chi connectivity index (χ1v) is 8.67. The maximum Gasteiger partial charge on any atom is 0.254 e. The quantitative estimate of drug-likeness (QED) is 0.793. The molecule has 0 aliphatic carbocycles. The Bertz CT molecular complexity index is 909. The Morgan fingerprint density at radius 3 is 2.96 bits per heavy atom. The van der Waals surface area contributed by atoms with E-state index in [1.807, 2.05) is 48.2 Å². The van der Waals surface area contributed by atoms with Crippen molar-refractivity contribution in [1.82, 2.24) is 15.1 Å². The lowest BCUT2D eigenvalue weighted by Crippen LogP contribution is -2.36. The van der Waals surface area contributed by atoms with Gasteiger partial charge in [-0.2, -0.15) is 5.10 Å². The highest BCUT2D eigenvalue weighted by atomic mass is 16.3. The van der Waals surface area contributed by atoms with Gasteiger partial charge in [0, 0.05) is 41.9 Å². The Balaban J connectivity index is 1.59. The number of rotatable bonds is 3. The van der Waals surface area contributed by atoms with Gasteiger partial charge in [0.05, 0.1) is 5.69 Å². The van der Waals surface area contributed by atoms with Gasteiger partial charge in [-0.1, -0.05) is 19.1 Å². The van der Waals surface area contributed by atoms with Crippen LogP contribution in [0, 0.1) is 6.92 Å². The number of furan rings is 1. The lowest BCUT2D eigenvalue weighted by atomic mass is 10.0. The third-order valence-electron chi connectivity index (χ3n) is 4.78. The zero-order valence-electron chi connectivity index (χ0n) is 14.5. The van der Waals surface area contributed by atoms with Crippen LogP contribution in [0.3, 0.4) is 0 Å². The number of H-pyrrole nitrogens is 1. The van der Waals surface area contributed by atoms with E-state index in [0.29, 0.717) is 18.7 Å². The monoisotopic (exact) mass is 335 g/mol. The Hall–Kier alpha value is -2.82. The summed E-state index contributed by atoms with van der Waals surface area (Å²) in [5, 5.41) is 7.47. The van der Waals surface area contributed by atoms with Crippen LogP contribution >= 0.6 is 0 Å². The van der Waals surface area contributed by atoms with Gasteiger partial charge in [0.15, 0.2) is 0 Å². The molecular formula is C20H21N3O2. The molecule has 0 spiro atoms. The zero-order chi connectivity index (χ0) is 17.4. The van der Waals surface area contributed by atoms with Crippen molar-refractivity contribution in [2.75, 3.05) is 6.54 Å². The molecule has 0 fully saturated rings. The highest BCUT2D eigenvalue weighted by molar-refractivity contribution is 5.95. The largest absolute Gasteiger partial charge is 0.461 e. The van der Waals surface area contributed by atoms with Crippen LogP contribution < -0.4 is 0 Å². The SMILES string of the molecule is CCc1n[nH]c2c1CN(C(=O)c1cccc(-c3ccc(C)o3)c1)CC2. The summed E-state index contributed by atoms with van der Waals surface area (Å²) in [6.45, 7) is 5.34. The van der Waals surface area contributed by atoms with E-state index in [4.69, 9.17) is 4.42 Å². The molecule has 0 saturated carbocycles. The van der Waals surface area contributed by atoms with Gasteiger partial charge in [0.1, 0.15) is 11.5 Å². The van der Waals surface area contributed by atoms with Gasteiger partial charge in [-0.25, -0.2) is 0 Å². The number of carbonyl (C=O) groups excluding carboxylic acids is 1. The van der Waals surface area contributed by atoms with E-state index >= 15 is 0 Å². The average Bonchev–Trinajstić information content (AvgIpc) is 3.26. The summed E-state index contributed by atoms with van der Waals surface area (Å²) < 4.78 is 5.68. The highest BCUT2D eigenvalue weighted by Crippen LogP contribution is 2.25. The van der Waals surface area contributed by atoms with Crippen LogP contribution in [0.25, 0.3) is 11.3 Å². The molecule has 0 bridgehead atoms. The number of fused-ring (bicyclic) bond motifs is 1. The molecule has 2 aromatic heterocycles. The van der Waals surface area contributed by atoms with Crippen molar-refractivity contribution < 1.29 is 9.21 Å². The standard InChI is InChI=1S/C20H21N3O2/c1-3-17-16-12-23(10-9-18(16)22-21-17)20(24)15-6-4-5-14(11-15)19-8-7-13(2)25-19/h4-8,11H,3,9-10,12H2,1-2H3,(H,21,22). The normalized spacial score (nSPS) is 13.8. The van der Waals surface area contributed by atoms with Gasteiger partial charge in [0.2, 0.25) is 0 Å². The van der Waals surface area contributed by atoms with Crippen LogP contribution in [0.4, 0.5) is 0 Å². The third kappa shape index (κ3) is 2.86. The van der Waals surface area contributed by atoms with Crippen molar-refractivity contribution in [2.45, 2.75) is 33.2 Å². The topological polar surface area (TPSA) is 62.1 Å². The second-order valence-electron chi connectivity index (χ2n) is 6.45. The predicted octanol–water partition coefficient (Wildman–Crippen LogP) is 3.74. The van der Waals surface area contributed by atoms with E-state index in [9.17, 15) is 4.79 Å². The van der Waals surface area contributed by atoms with E-state index in [0.717, 1.165) is 35.6 Å². The van der Waals surface area contributed by atoms with Crippen molar-refractivity contribution in [3.63, 3.8) is 0 Å². The second-order valence-corrected chi connectivity index (χ2v) is 6.45. The molecule has 0 atom stereocenters. The first-order chi connectivity index (χ1) is 12.2. The van der Waals surface area contributed by atoms with Crippen molar-refractivity contribution in [2.24, 2.45) is 0 Å². The molecule has 5 heteroatoms. The number of benzene rings is 1. The molecule has 1 amide bonds. The average molecular weight is 335 g/mol.